The Kier molecular flexibility index (Phi) is 3.80. The molecule has 0 amide bonds. The molecule has 0 saturated heterocycles. The highest BCUT2D eigenvalue weighted by Gasteiger charge is 2.09. The number of Topliss-reactive ketones (excluding diaryl/α,β-unsaturated/α-hetero) is 1. The molecule has 0 bridgehead atoms. The van der Waals surface area contributed by atoms with Gasteiger partial charge in [0.25, 0.3) is 0 Å². The number of carbonyl (C=O) groups excluding carboxylic acids is 1. The van der Waals surface area contributed by atoms with Gasteiger partial charge in [0.15, 0.2) is 5.78 Å². The van der Waals surface area contributed by atoms with Crippen molar-refractivity contribution in [2.75, 3.05) is 0 Å². The van der Waals surface area contributed by atoms with Crippen molar-refractivity contribution in [3.05, 3.63) is 83.4 Å². The van der Waals surface area contributed by atoms with Crippen LogP contribution in [0, 0.1) is 0 Å². The third kappa shape index (κ3) is 2.86. The van der Waals surface area contributed by atoms with E-state index < -0.39 is 0 Å². The molecule has 2 N–H and O–H groups in total. The third-order valence-corrected chi connectivity index (χ3v) is 3.74. The van der Waals surface area contributed by atoms with E-state index in [4.69, 9.17) is 5.73 Å². The van der Waals surface area contributed by atoms with Gasteiger partial charge in [-0.1, -0.05) is 66.7 Å². The first-order valence-corrected chi connectivity index (χ1v) is 7.07. The normalized spacial score (nSPS) is 10.7. The topological polar surface area (TPSA) is 43.1 Å². The average Bonchev–Trinajstić information content (AvgIpc) is 2.55. The molecule has 21 heavy (non-hydrogen) atoms. The third-order valence-electron chi connectivity index (χ3n) is 3.74. The summed E-state index contributed by atoms with van der Waals surface area (Å²) in [6, 6.07) is 21.8. The molecule has 2 heteroatoms. The van der Waals surface area contributed by atoms with Gasteiger partial charge in [-0.05, 0) is 21.9 Å². The highest BCUT2D eigenvalue weighted by molar-refractivity contribution is 6.00. The number of benzene rings is 3. The summed E-state index contributed by atoms with van der Waals surface area (Å²) in [6.45, 7) is 0.498. The Labute approximate surface area is 124 Å². The van der Waals surface area contributed by atoms with Crippen molar-refractivity contribution in [2.24, 2.45) is 5.73 Å². The first-order valence-electron chi connectivity index (χ1n) is 7.07. The molecular formula is C19H17NO. The van der Waals surface area contributed by atoms with Crippen LogP contribution in [0.15, 0.2) is 66.7 Å². The Bertz CT molecular complexity index is 770. The fourth-order valence-electron chi connectivity index (χ4n) is 2.55. The van der Waals surface area contributed by atoms with Gasteiger partial charge in [0.1, 0.15) is 0 Å². The Hall–Kier alpha value is -2.45. The predicted octanol–water partition coefficient (Wildman–Crippen LogP) is 3.72. The lowest BCUT2D eigenvalue weighted by Gasteiger charge is -2.06. The number of ketones is 1. The molecule has 0 fully saturated rings. The second-order valence-corrected chi connectivity index (χ2v) is 5.14. The van der Waals surface area contributed by atoms with Gasteiger partial charge in [0.05, 0.1) is 0 Å². The molecule has 2 nitrogen and oxygen atoms in total. The van der Waals surface area contributed by atoms with Crippen LogP contribution in [0.4, 0.5) is 0 Å². The fourth-order valence-corrected chi connectivity index (χ4v) is 2.55. The maximum absolute atomic E-state index is 12.4. The molecular weight excluding hydrogens is 258 g/mol. The SMILES string of the molecule is NCc1ccc(C(=O)Cc2cccc3ccccc23)cc1. The van der Waals surface area contributed by atoms with Gasteiger partial charge in [-0.25, -0.2) is 0 Å². The van der Waals surface area contributed by atoms with Crippen molar-refractivity contribution in [3.63, 3.8) is 0 Å². The molecule has 3 rings (SSSR count). The van der Waals surface area contributed by atoms with E-state index in [1.165, 1.54) is 5.39 Å². The first kappa shape index (κ1) is 13.5. The second kappa shape index (κ2) is 5.90. The van der Waals surface area contributed by atoms with E-state index in [0.717, 1.165) is 22.1 Å². The first-order chi connectivity index (χ1) is 10.3. The smallest absolute Gasteiger partial charge is 0.167 e. The van der Waals surface area contributed by atoms with E-state index in [0.29, 0.717) is 13.0 Å². The zero-order chi connectivity index (χ0) is 14.7. The number of nitrogens with two attached hydrogens (primary N) is 1. The predicted molar refractivity (Wildman–Crippen MR) is 86.3 cm³/mol. The van der Waals surface area contributed by atoms with Crippen molar-refractivity contribution >= 4 is 16.6 Å². The zero-order valence-corrected chi connectivity index (χ0v) is 11.8. The molecule has 0 unspecified atom stereocenters. The molecule has 0 radical (unpaired) electrons. The van der Waals surface area contributed by atoms with E-state index in [1.807, 2.05) is 48.5 Å². The molecule has 3 aromatic rings. The Morgan fingerprint density at radius 3 is 2.33 bits per heavy atom. The van der Waals surface area contributed by atoms with Gasteiger partial charge >= 0.3 is 0 Å². The summed E-state index contributed by atoms with van der Waals surface area (Å²) in [5.41, 5.74) is 8.42. The summed E-state index contributed by atoms with van der Waals surface area (Å²) in [5.74, 6) is 0.134. The van der Waals surface area contributed by atoms with Crippen LogP contribution >= 0.6 is 0 Å². The number of rotatable bonds is 4. The summed E-state index contributed by atoms with van der Waals surface area (Å²) in [7, 11) is 0. The largest absolute Gasteiger partial charge is 0.326 e. The fraction of sp³-hybridized carbons (Fsp3) is 0.105. The summed E-state index contributed by atoms with van der Waals surface area (Å²) in [6.07, 6.45) is 0.420. The number of hydrogen-bond donors (Lipinski definition) is 1. The molecule has 0 aromatic heterocycles. The Morgan fingerprint density at radius 2 is 1.57 bits per heavy atom. The van der Waals surface area contributed by atoms with Crippen molar-refractivity contribution in [1.29, 1.82) is 0 Å². The van der Waals surface area contributed by atoms with Crippen LogP contribution in [-0.2, 0) is 13.0 Å². The molecule has 0 spiro atoms. The lowest BCUT2D eigenvalue weighted by molar-refractivity contribution is 0.0993. The maximum Gasteiger partial charge on any atom is 0.167 e. The number of hydrogen-bond acceptors (Lipinski definition) is 2. The molecule has 0 aliphatic rings. The lowest BCUT2D eigenvalue weighted by Crippen LogP contribution is -2.05. The maximum atomic E-state index is 12.4. The Morgan fingerprint density at radius 1 is 0.857 bits per heavy atom. The van der Waals surface area contributed by atoms with Crippen molar-refractivity contribution in [2.45, 2.75) is 13.0 Å². The van der Waals surface area contributed by atoms with Gasteiger partial charge in [-0.3, -0.25) is 4.79 Å². The zero-order valence-electron chi connectivity index (χ0n) is 11.8. The molecule has 0 aliphatic carbocycles. The number of fused-ring (bicyclic) bond motifs is 1. The summed E-state index contributed by atoms with van der Waals surface area (Å²) in [4.78, 5) is 12.4. The van der Waals surface area contributed by atoms with E-state index in [9.17, 15) is 4.79 Å². The van der Waals surface area contributed by atoms with E-state index >= 15 is 0 Å². The number of carbonyl (C=O) groups is 1. The van der Waals surface area contributed by atoms with Gasteiger partial charge in [-0.2, -0.15) is 0 Å². The van der Waals surface area contributed by atoms with E-state index in [-0.39, 0.29) is 5.78 Å². The minimum absolute atomic E-state index is 0.134. The lowest BCUT2D eigenvalue weighted by atomic mass is 9.97. The molecule has 3 aromatic carbocycles. The minimum atomic E-state index is 0.134. The van der Waals surface area contributed by atoms with E-state index in [2.05, 4.69) is 18.2 Å². The Balaban J connectivity index is 1.89. The van der Waals surface area contributed by atoms with Crippen LogP contribution in [0.5, 0.6) is 0 Å². The van der Waals surface area contributed by atoms with Gasteiger partial charge in [0.2, 0.25) is 0 Å². The molecule has 104 valence electrons. The van der Waals surface area contributed by atoms with Crippen molar-refractivity contribution in [3.8, 4) is 0 Å². The highest BCUT2D eigenvalue weighted by Crippen LogP contribution is 2.20. The van der Waals surface area contributed by atoms with Crippen LogP contribution in [0.2, 0.25) is 0 Å². The van der Waals surface area contributed by atoms with Gasteiger partial charge in [0, 0.05) is 18.5 Å². The molecule has 0 aliphatic heterocycles. The van der Waals surface area contributed by atoms with E-state index in [1.54, 1.807) is 0 Å². The summed E-state index contributed by atoms with van der Waals surface area (Å²) in [5, 5.41) is 2.31. The van der Waals surface area contributed by atoms with Gasteiger partial charge in [-0.15, -0.1) is 0 Å². The van der Waals surface area contributed by atoms with Crippen LogP contribution in [0.3, 0.4) is 0 Å². The van der Waals surface area contributed by atoms with Crippen LogP contribution < -0.4 is 5.73 Å². The summed E-state index contributed by atoms with van der Waals surface area (Å²) >= 11 is 0. The van der Waals surface area contributed by atoms with Crippen LogP contribution in [0.1, 0.15) is 21.5 Å². The summed E-state index contributed by atoms with van der Waals surface area (Å²) < 4.78 is 0. The highest BCUT2D eigenvalue weighted by atomic mass is 16.1. The monoisotopic (exact) mass is 275 g/mol. The molecule has 0 saturated carbocycles. The standard InChI is InChI=1S/C19H17NO/c20-13-14-8-10-16(11-9-14)19(21)12-17-6-3-5-15-4-1-2-7-18(15)17/h1-11H,12-13,20H2. The molecule has 0 heterocycles. The van der Waals surface area contributed by atoms with Gasteiger partial charge < -0.3 is 5.73 Å². The average molecular weight is 275 g/mol. The second-order valence-electron chi connectivity index (χ2n) is 5.14. The van der Waals surface area contributed by atoms with Crippen molar-refractivity contribution < 1.29 is 4.79 Å². The van der Waals surface area contributed by atoms with Crippen LogP contribution in [-0.4, -0.2) is 5.78 Å². The van der Waals surface area contributed by atoms with Crippen molar-refractivity contribution in [1.82, 2.24) is 0 Å². The van der Waals surface area contributed by atoms with Crippen LogP contribution in [0.25, 0.3) is 10.8 Å². The minimum Gasteiger partial charge on any atom is -0.326 e. The molecule has 0 atom stereocenters. The quantitative estimate of drug-likeness (QED) is 0.737.